The van der Waals surface area contributed by atoms with Gasteiger partial charge in [-0.15, -0.1) is 6.58 Å². The Bertz CT molecular complexity index is 91.6. The van der Waals surface area contributed by atoms with E-state index in [0.717, 1.165) is 32.4 Å². The molecule has 0 fully saturated rings. The molecule has 1 atom stereocenters. The van der Waals surface area contributed by atoms with Crippen molar-refractivity contribution in [2.45, 2.75) is 32.3 Å². The summed E-state index contributed by atoms with van der Waals surface area (Å²) in [5.41, 5.74) is 0. The molecule has 0 amide bonds. The molecule has 2 nitrogen and oxygen atoms in total. The van der Waals surface area contributed by atoms with Crippen LogP contribution in [0.2, 0.25) is 0 Å². The topological polar surface area (TPSA) is 32.3 Å². The average molecular weight is 157 g/mol. The summed E-state index contributed by atoms with van der Waals surface area (Å²) in [5.74, 6) is 0. The molecule has 0 heterocycles. The fraction of sp³-hybridized carbons (Fsp3) is 0.778. The van der Waals surface area contributed by atoms with E-state index in [0.29, 0.717) is 0 Å². The first kappa shape index (κ1) is 10.7. The molecule has 0 saturated carbocycles. The van der Waals surface area contributed by atoms with Gasteiger partial charge in [-0.1, -0.05) is 6.08 Å². The molecule has 1 unspecified atom stereocenters. The first-order chi connectivity index (χ1) is 5.27. The zero-order valence-electron chi connectivity index (χ0n) is 7.34. The quantitative estimate of drug-likeness (QED) is 0.431. The van der Waals surface area contributed by atoms with Crippen molar-refractivity contribution < 1.29 is 5.11 Å². The number of aliphatic hydroxyl groups is 1. The third-order valence-corrected chi connectivity index (χ3v) is 1.50. The molecule has 0 bridgehead atoms. The molecule has 0 aliphatic rings. The number of nitrogens with one attached hydrogen (secondary N) is 1. The predicted octanol–water partition coefficient (Wildman–Crippen LogP) is 1.31. The van der Waals surface area contributed by atoms with Gasteiger partial charge in [0.25, 0.3) is 0 Å². The number of hydrogen-bond acceptors (Lipinski definition) is 2. The second-order valence-electron chi connectivity index (χ2n) is 2.82. The summed E-state index contributed by atoms with van der Waals surface area (Å²) in [6, 6.07) is 0. The molecule has 66 valence electrons. The summed E-state index contributed by atoms with van der Waals surface area (Å²) < 4.78 is 0. The van der Waals surface area contributed by atoms with E-state index >= 15 is 0 Å². The van der Waals surface area contributed by atoms with Gasteiger partial charge in [-0.2, -0.15) is 0 Å². The van der Waals surface area contributed by atoms with E-state index in [4.69, 9.17) is 5.11 Å². The van der Waals surface area contributed by atoms with Crippen molar-refractivity contribution in [3.8, 4) is 0 Å². The number of rotatable bonds is 7. The minimum Gasteiger partial charge on any atom is -0.393 e. The first-order valence-electron chi connectivity index (χ1n) is 4.27. The minimum absolute atomic E-state index is 0.156. The summed E-state index contributed by atoms with van der Waals surface area (Å²) in [4.78, 5) is 0. The van der Waals surface area contributed by atoms with Crippen LogP contribution in [0.1, 0.15) is 26.2 Å². The van der Waals surface area contributed by atoms with Crippen molar-refractivity contribution in [2.24, 2.45) is 0 Å². The molecule has 0 saturated heterocycles. The zero-order valence-corrected chi connectivity index (χ0v) is 7.34. The molecule has 0 aliphatic carbocycles. The van der Waals surface area contributed by atoms with Crippen LogP contribution in [0.4, 0.5) is 0 Å². The van der Waals surface area contributed by atoms with Crippen LogP contribution in [0, 0.1) is 0 Å². The number of hydrogen-bond donors (Lipinski definition) is 2. The minimum atomic E-state index is -0.156. The van der Waals surface area contributed by atoms with Crippen LogP contribution >= 0.6 is 0 Å². The molecular weight excluding hydrogens is 138 g/mol. The lowest BCUT2D eigenvalue weighted by Gasteiger charge is -2.04. The van der Waals surface area contributed by atoms with Gasteiger partial charge in [0.15, 0.2) is 0 Å². The molecule has 11 heavy (non-hydrogen) atoms. The second kappa shape index (κ2) is 7.76. The Hall–Kier alpha value is -0.340. The van der Waals surface area contributed by atoms with Crippen LogP contribution in [0.5, 0.6) is 0 Å². The SMILES string of the molecule is C=CCCNCCCC(C)O. The maximum atomic E-state index is 8.91. The molecule has 2 N–H and O–H groups in total. The van der Waals surface area contributed by atoms with Crippen molar-refractivity contribution >= 4 is 0 Å². The number of aliphatic hydroxyl groups excluding tert-OH is 1. The zero-order chi connectivity index (χ0) is 8.53. The summed E-state index contributed by atoms with van der Waals surface area (Å²) in [5, 5.41) is 12.2. The van der Waals surface area contributed by atoms with Crippen LogP contribution in [-0.4, -0.2) is 24.3 Å². The van der Waals surface area contributed by atoms with Gasteiger partial charge in [-0.3, -0.25) is 0 Å². The molecule has 0 rings (SSSR count). The largest absolute Gasteiger partial charge is 0.393 e. The van der Waals surface area contributed by atoms with E-state index in [1.807, 2.05) is 13.0 Å². The van der Waals surface area contributed by atoms with E-state index in [9.17, 15) is 0 Å². The monoisotopic (exact) mass is 157 g/mol. The van der Waals surface area contributed by atoms with Gasteiger partial charge in [0.2, 0.25) is 0 Å². The molecule has 2 heteroatoms. The Balaban J connectivity index is 2.85. The van der Waals surface area contributed by atoms with E-state index in [1.165, 1.54) is 0 Å². The van der Waals surface area contributed by atoms with Gasteiger partial charge < -0.3 is 10.4 Å². The molecule has 0 aromatic heterocycles. The summed E-state index contributed by atoms with van der Waals surface area (Å²) in [6.45, 7) is 7.45. The van der Waals surface area contributed by atoms with Crippen molar-refractivity contribution in [2.75, 3.05) is 13.1 Å². The molecule has 0 aliphatic heterocycles. The second-order valence-corrected chi connectivity index (χ2v) is 2.82. The van der Waals surface area contributed by atoms with Crippen molar-refractivity contribution in [3.05, 3.63) is 12.7 Å². The van der Waals surface area contributed by atoms with Crippen LogP contribution in [0.25, 0.3) is 0 Å². The summed E-state index contributed by atoms with van der Waals surface area (Å²) in [6.07, 6.45) is 4.71. The predicted molar refractivity (Wildman–Crippen MR) is 48.6 cm³/mol. The highest BCUT2D eigenvalue weighted by molar-refractivity contribution is 4.67. The van der Waals surface area contributed by atoms with Crippen LogP contribution in [0.3, 0.4) is 0 Å². The Kier molecular flexibility index (Phi) is 7.52. The molecule has 0 aromatic carbocycles. The van der Waals surface area contributed by atoms with Crippen LogP contribution in [0.15, 0.2) is 12.7 Å². The fourth-order valence-electron chi connectivity index (χ4n) is 0.852. The van der Waals surface area contributed by atoms with Gasteiger partial charge in [0.1, 0.15) is 0 Å². The molecule has 0 spiro atoms. The summed E-state index contributed by atoms with van der Waals surface area (Å²) in [7, 11) is 0. The maximum Gasteiger partial charge on any atom is 0.0512 e. The highest BCUT2D eigenvalue weighted by atomic mass is 16.3. The fourth-order valence-corrected chi connectivity index (χ4v) is 0.852. The normalized spacial score (nSPS) is 12.9. The lowest BCUT2D eigenvalue weighted by Crippen LogP contribution is -2.17. The van der Waals surface area contributed by atoms with E-state index < -0.39 is 0 Å². The lowest BCUT2D eigenvalue weighted by molar-refractivity contribution is 0.181. The molecule has 0 radical (unpaired) electrons. The van der Waals surface area contributed by atoms with Gasteiger partial charge >= 0.3 is 0 Å². The van der Waals surface area contributed by atoms with Gasteiger partial charge in [0, 0.05) is 0 Å². The van der Waals surface area contributed by atoms with E-state index in [-0.39, 0.29) is 6.10 Å². The molecular formula is C9H19NO. The van der Waals surface area contributed by atoms with Gasteiger partial charge in [-0.05, 0) is 39.3 Å². The van der Waals surface area contributed by atoms with Gasteiger partial charge in [-0.25, -0.2) is 0 Å². The first-order valence-corrected chi connectivity index (χ1v) is 4.27. The average Bonchev–Trinajstić information content (AvgIpc) is 1.96. The Morgan fingerprint density at radius 3 is 2.82 bits per heavy atom. The van der Waals surface area contributed by atoms with Crippen molar-refractivity contribution in [1.29, 1.82) is 0 Å². The maximum absolute atomic E-state index is 8.91. The van der Waals surface area contributed by atoms with E-state index in [1.54, 1.807) is 0 Å². The third kappa shape index (κ3) is 9.66. The Labute approximate surface area is 69.3 Å². The highest BCUT2D eigenvalue weighted by Gasteiger charge is 1.93. The Morgan fingerprint density at radius 2 is 2.27 bits per heavy atom. The van der Waals surface area contributed by atoms with E-state index in [2.05, 4.69) is 11.9 Å². The highest BCUT2D eigenvalue weighted by Crippen LogP contribution is 1.93. The smallest absolute Gasteiger partial charge is 0.0512 e. The van der Waals surface area contributed by atoms with Crippen LogP contribution < -0.4 is 5.32 Å². The van der Waals surface area contributed by atoms with Gasteiger partial charge in [0.05, 0.1) is 6.10 Å². The third-order valence-electron chi connectivity index (χ3n) is 1.50. The van der Waals surface area contributed by atoms with Crippen LogP contribution in [-0.2, 0) is 0 Å². The molecule has 0 aromatic rings. The standard InChI is InChI=1S/C9H19NO/c1-3-4-7-10-8-5-6-9(2)11/h3,9-11H,1,4-8H2,2H3. The van der Waals surface area contributed by atoms with Crippen molar-refractivity contribution in [3.63, 3.8) is 0 Å². The Morgan fingerprint density at radius 1 is 1.55 bits per heavy atom. The summed E-state index contributed by atoms with van der Waals surface area (Å²) >= 11 is 0. The lowest BCUT2D eigenvalue weighted by atomic mass is 10.2. The van der Waals surface area contributed by atoms with Crippen molar-refractivity contribution in [1.82, 2.24) is 5.32 Å².